The summed E-state index contributed by atoms with van der Waals surface area (Å²) in [5, 5.41) is 3.41. The molecule has 156 valence electrons. The predicted molar refractivity (Wildman–Crippen MR) is 117 cm³/mol. The maximum absolute atomic E-state index is 5.51. The van der Waals surface area contributed by atoms with E-state index in [0.717, 1.165) is 43.8 Å². The van der Waals surface area contributed by atoms with Crippen molar-refractivity contribution in [3.8, 4) is 0 Å². The Labute approximate surface area is 173 Å². The van der Waals surface area contributed by atoms with Crippen LogP contribution < -0.4 is 15.1 Å². The van der Waals surface area contributed by atoms with Crippen molar-refractivity contribution in [2.45, 2.75) is 34.1 Å². The zero-order valence-electron chi connectivity index (χ0n) is 18.0. The van der Waals surface area contributed by atoms with E-state index in [1.165, 1.54) is 17.5 Å². The Kier molecular flexibility index (Phi) is 5.85. The summed E-state index contributed by atoms with van der Waals surface area (Å²) in [5.41, 5.74) is 3.52. The van der Waals surface area contributed by atoms with Crippen molar-refractivity contribution in [3.63, 3.8) is 0 Å². The van der Waals surface area contributed by atoms with Gasteiger partial charge in [-0.05, 0) is 55.4 Å². The molecule has 7 nitrogen and oxygen atoms in total. The first-order chi connectivity index (χ1) is 14.0. The fourth-order valence-corrected chi connectivity index (χ4v) is 4.23. The lowest BCUT2D eigenvalue weighted by Gasteiger charge is -2.35. The Morgan fingerprint density at radius 2 is 1.55 bits per heavy atom. The summed E-state index contributed by atoms with van der Waals surface area (Å²) in [5.74, 6) is 3.38. The molecule has 2 unspecified atom stereocenters. The van der Waals surface area contributed by atoms with Crippen LogP contribution in [0, 0.1) is 25.7 Å². The van der Waals surface area contributed by atoms with Crippen LogP contribution in [0.2, 0.25) is 0 Å². The lowest BCUT2D eigenvalue weighted by atomic mass is 9.92. The van der Waals surface area contributed by atoms with Crippen LogP contribution in [0.15, 0.2) is 18.2 Å². The van der Waals surface area contributed by atoms with Gasteiger partial charge in [-0.3, -0.25) is 0 Å². The molecule has 0 spiro atoms. The number of aromatic nitrogens is 3. The van der Waals surface area contributed by atoms with Gasteiger partial charge in [0.05, 0.1) is 13.2 Å². The summed E-state index contributed by atoms with van der Waals surface area (Å²) in [6, 6.07) is 6.33. The van der Waals surface area contributed by atoms with Crippen LogP contribution in [0.25, 0.3) is 0 Å². The molecular weight excluding hydrogens is 364 g/mol. The third-order valence-electron chi connectivity index (χ3n) is 5.82. The van der Waals surface area contributed by atoms with E-state index in [1.807, 2.05) is 0 Å². The number of rotatable bonds is 4. The third-order valence-corrected chi connectivity index (χ3v) is 5.82. The van der Waals surface area contributed by atoms with E-state index in [-0.39, 0.29) is 0 Å². The van der Waals surface area contributed by atoms with Gasteiger partial charge in [0.2, 0.25) is 17.8 Å². The number of hydrogen-bond donors (Lipinski definition) is 1. The minimum Gasteiger partial charge on any atom is -0.378 e. The van der Waals surface area contributed by atoms with Gasteiger partial charge in [0.1, 0.15) is 0 Å². The molecule has 2 aromatic rings. The SMILES string of the molecule is Cc1ccc(Nc2nc(N3CCOCC3)nc(N3CC(C)CC(C)C3)n2)cc1C. The topological polar surface area (TPSA) is 66.4 Å². The lowest BCUT2D eigenvalue weighted by Crippen LogP contribution is -2.41. The summed E-state index contributed by atoms with van der Waals surface area (Å²) in [6.45, 7) is 13.8. The minimum absolute atomic E-state index is 0.602. The summed E-state index contributed by atoms with van der Waals surface area (Å²) in [4.78, 5) is 18.9. The molecule has 1 aromatic carbocycles. The van der Waals surface area contributed by atoms with Gasteiger partial charge in [-0.2, -0.15) is 15.0 Å². The van der Waals surface area contributed by atoms with Crippen molar-refractivity contribution >= 4 is 23.5 Å². The zero-order chi connectivity index (χ0) is 20.4. The van der Waals surface area contributed by atoms with Gasteiger partial charge in [0, 0.05) is 31.9 Å². The van der Waals surface area contributed by atoms with Crippen molar-refractivity contribution < 1.29 is 4.74 Å². The van der Waals surface area contributed by atoms with Crippen molar-refractivity contribution in [2.75, 3.05) is 54.5 Å². The molecule has 1 N–H and O–H groups in total. The first kappa shape index (κ1) is 19.9. The first-order valence-electron chi connectivity index (χ1n) is 10.7. The molecule has 29 heavy (non-hydrogen) atoms. The second kappa shape index (κ2) is 8.53. The van der Waals surface area contributed by atoms with Gasteiger partial charge in [-0.25, -0.2) is 0 Å². The number of anilines is 4. The molecule has 3 heterocycles. The number of nitrogens with one attached hydrogen (secondary N) is 1. The predicted octanol–water partition coefficient (Wildman–Crippen LogP) is 3.55. The molecule has 2 fully saturated rings. The smallest absolute Gasteiger partial charge is 0.233 e. The van der Waals surface area contributed by atoms with E-state index in [0.29, 0.717) is 31.0 Å². The molecule has 2 aliphatic heterocycles. The highest BCUT2D eigenvalue weighted by Crippen LogP contribution is 2.27. The largest absolute Gasteiger partial charge is 0.378 e. The second-order valence-electron chi connectivity index (χ2n) is 8.63. The van der Waals surface area contributed by atoms with E-state index in [9.17, 15) is 0 Å². The Bertz CT molecular complexity index is 841. The molecule has 0 amide bonds. The van der Waals surface area contributed by atoms with Crippen molar-refractivity contribution in [1.29, 1.82) is 0 Å². The van der Waals surface area contributed by atoms with Gasteiger partial charge in [0.15, 0.2) is 0 Å². The second-order valence-corrected chi connectivity index (χ2v) is 8.63. The summed E-state index contributed by atoms with van der Waals surface area (Å²) >= 11 is 0. The molecule has 4 rings (SSSR count). The molecule has 2 atom stereocenters. The van der Waals surface area contributed by atoms with Gasteiger partial charge >= 0.3 is 0 Å². The number of ether oxygens (including phenoxy) is 1. The molecule has 0 radical (unpaired) electrons. The molecule has 0 saturated carbocycles. The minimum atomic E-state index is 0.602. The molecule has 0 aliphatic carbocycles. The standard InChI is InChI=1S/C22H32N6O/c1-15-11-16(2)14-28(13-15)22-25-20(23-19-6-5-17(3)18(4)12-19)24-21(26-22)27-7-9-29-10-8-27/h5-6,12,15-16H,7-11,13-14H2,1-4H3,(H,23,24,25,26). The van der Waals surface area contributed by atoms with E-state index in [2.05, 4.69) is 61.0 Å². The quantitative estimate of drug-likeness (QED) is 0.848. The van der Waals surface area contributed by atoms with Crippen molar-refractivity contribution in [1.82, 2.24) is 15.0 Å². The monoisotopic (exact) mass is 396 g/mol. The average Bonchev–Trinajstić information content (AvgIpc) is 2.70. The highest BCUT2D eigenvalue weighted by atomic mass is 16.5. The van der Waals surface area contributed by atoms with Crippen LogP contribution in [0.4, 0.5) is 23.5 Å². The molecule has 2 saturated heterocycles. The fourth-order valence-electron chi connectivity index (χ4n) is 4.23. The molecule has 0 bridgehead atoms. The number of aryl methyl sites for hydroxylation is 2. The Balaban J connectivity index is 1.66. The van der Waals surface area contributed by atoms with Gasteiger partial charge < -0.3 is 19.9 Å². The van der Waals surface area contributed by atoms with Crippen LogP contribution in [-0.2, 0) is 4.74 Å². The van der Waals surface area contributed by atoms with Crippen LogP contribution in [0.1, 0.15) is 31.4 Å². The lowest BCUT2D eigenvalue weighted by molar-refractivity contribution is 0.122. The number of morpholine rings is 1. The molecular formula is C22H32N6O. The van der Waals surface area contributed by atoms with E-state index in [1.54, 1.807) is 0 Å². The maximum Gasteiger partial charge on any atom is 0.233 e. The van der Waals surface area contributed by atoms with E-state index >= 15 is 0 Å². The van der Waals surface area contributed by atoms with Crippen LogP contribution in [-0.4, -0.2) is 54.3 Å². The van der Waals surface area contributed by atoms with Crippen molar-refractivity contribution in [3.05, 3.63) is 29.3 Å². The van der Waals surface area contributed by atoms with Crippen molar-refractivity contribution in [2.24, 2.45) is 11.8 Å². The Morgan fingerprint density at radius 1 is 0.897 bits per heavy atom. The van der Waals surface area contributed by atoms with E-state index in [4.69, 9.17) is 19.7 Å². The first-order valence-corrected chi connectivity index (χ1v) is 10.7. The number of benzene rings is 1. The average molecular weight is 397 g/mol. The van der Waals surface area contributed by atoms with Gasteiger partial charge in [-0.1, -0.05) is 19.9 Å². The Hall–Kier alpha value is -2.41. The van der Waals surface area contributed by atoms with Crippen LogP contribution in [0.3, 0.4) is 0 Å². The summed E-state index contributed by atoms with van der Waals surface area (Å²) in [7, 11) is 0. The summed E-state index contributed by atoms with van der Waals surface area (Å²) < 4.78 is 5.51. The molecule has 1 aromatic heterocycles. The fraction of sp³-hybridized carbons (Fsp3) is 0.591. The normalized spacial score (nSPS) is 22.6. The molecule has 7 heteroatoms. The van der Waals surface area contributed by atoms with Gasteiger partial charge in [-0.15, -0.1) is 0 Å². The third kappa shape index (κ3) is 4.78. The number of nitrogens with zero attached hydrogens (tertiary/aromatic N) is 5. The highest BCUT2D eigenvalue weighted by Gasteiger charge is 2.26. The van der Waals surface area contributed by atoms with E-state index < -0.39 is 0 Å². The number of hydrogen-bond acceptors (Lipinski definition) is 7. The number of piperidine rings is 1. The summed E-state index contributed by atoms with van der Waals surface area (Å²) in [6.07, 6.45) is 1.26. The Morgan fingerprint density at radius 3 is 2.21 bits per heavy atom. The maximum atomic E-state index is 5.51. The van der Waals surface area contributed by atoms with Crippen LogP contribution in [0.5, 0.6) is 0 Å². The van der Waals surface area contributed by atoms with Crippen LogP contribution >= 0.6 is 0 Å². The zero-order valence-corrected chi connectivity index (χ0v) is 18.0. The van der Waals surface area contributed by atoms with Gasteiger partial charge in [0.25, 0.3) is 0 Å². The molecule has 2 aliphatic rings. The highest BCUT2D eigenvalue weighted by molar-refractivity contribution is 5.58.